The van der Waals surface area contributed by atoms with Crippen molar-refractivity contribution in [3.63, 3.8) is 0 Å². The fourth-order valence-electron chi connectivity index (χ4n) is 1.48. The van der Waals surface area contributed by atoms with E-state index >= 15 is 0 Å². The van der Waals surface area contributed by atoms with Gasteiger partial charge in [0.05, 0.1) is 0 Å². The number of guanidine groups is 1. The zero-order valence-electron chi connectivity index (χ0n) is 9.16. The summed E-state index contributed by atoms with van der Waals surface area (Å²) in [7, 11) is 4.01. The fourth-order valence-corrected chi connectivity index (χ4v) is 1.48. The smallest absolute Gasteiger partial charge is 0.188 e. The largest absolute Gasteiger partial charge is 0.370 e. The normalized spacial score (nSPS) is 19.6. The molecule has 0 unspecified atom stereocenters. The van der Waals surface area contributed by atoms with Crippen LogP contribution in [0.15, 0.2) is 0 Å². The highest BCUT2D eigenvalue weighted by molar-refractivity contribution is 5.74. The number of likely N-dealkylation sites (N-methyl/N-ethyl adjacent to an activating group) is 2. The number of nitrogens with two attached hydrogens (primary N) is 1. The molecular formula is C9H21N5. The first kappa shape index (κ1) is 11.3. The molecule has 0 radical (unpaired) electrons. The van der Waals surface area contributed by atoms with Crippen molar-refractivity contribution in [1.29, 1.82) is 5.41 Å². The van der Waals surface area contributed by atoms with Gasteiger partial charge in [-0.05, 0) is 7.05 Å². The van der Waals surface area contributed by atoms with E-state index in [4.69, 9.17) is 11.1 Å². The summed E-state index contributed by atoms with van der Waals surface area (Å²) >= 11 is 0. The lowest BCUT2D eigenvalue weighted by Gasteiger charge is -2.33. The van der Waals surface area contributed by atoms with Crippen molar-refractivity contribution in [1.82, 2.24) is 14.7 Å². The van der Waals surface area contributed by atoms with Gasteiger partial charge in [0, 0.05) is 46.3 Å². The summed E-state index contributed by atoms with van der Waals surface area (Å²) < 4.78 is 0. The van der Waals surface area contributed by atoms with Crippen LogP contribution in [0.2, 0.25) is 0 Å². The molecule has 0 aromatic carbocycles. The molecule has 1 fully saturated rings. The molecule has 1 rings (SSSR count). The number of hydrogen-bond acceptors (Lipinski definition) is 3. The molecule has 0 atom stereocenters. The van der Waals surface area contributed by atoms with E-state index in [2.05, 4.69) is 16.8 Å². The third-order valence-electron chi connectivity index (χ3n) is 2.76. The molecule has 3 N–H and O–H groups in total. The van der Waals surface area contributed by atoms with Gasteiger partial charge in [0.1, 0.15) is 0 Å². The van der Waals surface area contributed by atoms with Crippen molar-refractivity contribution >= 4 is 5.96 Å². The molecule has 0 aromatic rings. The van der Waals surface area contributed by atoms with E-state index in [9.17, 15) is 0 Å². The number of rotatable bonds is 3. The second-order valence-corrected chi connectivity index (χ2v) is 3.95. The molecule has 1 aliphatic heterocycles. The second kappa shape index (κ2) is 5.17. The van der Waals surface area contributed by atoms with Crippen LogP contribution in [0.5, 0.6) is 0 Å². The van der Waals surface area contributed by atoms with Gasteiger partial charge in [-0.25, -0.2) is 0 Å². The van der Waals surface area contributed by atoms with Crippen LogP contribution in [0, 0.1) is 5.41 Å². The summed E-state index contributed by atoms with van der Waals surface area (Å²) in [6.07, 6.45) is 0. The fraction of sp³-hybridized carbons (Fsp3) is 0.889. The van der Waals surface area contributed by atoms with Crippen LogP contribution in [0.25, 0.3) is 0 Å². The molecule has 1 saturated heterocycles. The molecule has 82 valence electrons. The third-order valence-corrected chi connectivity index (χ3v) is 2.76. The molecule has 5 nitrogen and oxygen atoms in total. The van der Waals surface area contributed by atoms with Crippen molar-refractivity contribution in [3.05, 3.63) is 0 Å². The lowest BCUT2D eigenvalue weighted by molar-refractivity contribution is 0.149. The van der Waals surface area contributed by atoms with Gasteiger partial charge in [0.2, 0.25) is 0 Å². The van der Waals surface area contributed by atoms with Crippen LogP contribution in [0.3, 0.4) is 0 Å². The predicted molar refractivity (Wildman–Crippen MR) is 58.5 cm³/mol. The SMILES string of the molecule is CN1CCN(CCN(C)C(=N)N)CC1. The molecule has 0 aliphatic carbocycles. The second-order valence-electron chi connectivity index (χ2n) is 3.95. The number of nitrogens with one attached hydrogen (secondary N) is 1. The minimum atomic E-state index is 0.152. The van der Waals surface area contributed by atoms with Gasteiger partial charge in [0.15, 0.2) is 5.96 Å². The molecule has 0 spiro atoms. The quantitative estimate of drug-likeness (QED) is 0.455. The average molecular weight is 199 g/mol. The highest BCUT2D eigenvalue weighted by Gasteiger charge is 2.13. The summed E-state index contributed by atoms with van der Waals surface area (Å²) in [4.78, 5) is 6.53. The van der Waals surface area contributed by atoms with Gasteiger partial charge >= 0.3 is 0 Å². The Morgan fingerprint density at radius 3 is 2.43 bits per heavy atom. The summed E-state index contributed by atoms with van der Waals surface area (Å²) in [5.74, 6) is 0.152. The Kier molecular flexibility index (Phi) is 4.16. The minimum Gasteiger partial charge on any atom is -0.370 e. The van der Waals surface area contributed by atoms with Gasteiger partial charge in [-0.2, -0.15) is 0 Å². The first-order valence-electron chi connectivity index (χ1n) is 5.05. The van der Waals surface area contributed by atoms with E-state index in [1.807, 2.05) is 7.05 Å². The standard InChI is InChI=1S/C9H21N5/c1-12-3-6-14(7-4-12)8-5-13(2)9(10)11/h3-8H2,1-2H3,(H3,10,11). The van der Waals surface area contributed by atoms with Crippen LogP contribution in [-0.2, 0) is 0 Å². The van der Waals surface area contributed by atoms with Crippen LogP contribution in [0.1, 0.15) is 0 Å². The Morgan fingerprint density at radius 2 is 1.93 bits per heavy atom. The summed E-state index contributed by atoms with van der Waals surface area (Å²) in [5, 5.41) is 7.23. The van der Waals surface area contributed by atoms with Crippen LogP contribution in [0.4, 0.5) is 0 Å². The number of piperazine rings is 1. The molecule has 0 aromatic heterocycles. The Morgan fingerprint density at radius 1 is 1.36 bits per heavy atom. The van der Waals surface area contributed by atoms with E-state index in [1.165, 1.54) is 0 Å². The van der Waals surface area contributed by atoms with Crippen molar-refractivity contribution in [3.8, 4) is 0 Å². The predicted octanol–water partition coefficient (Wildman–Crippen LogP) is -0.941. The van der Waals surface area contributed by atoms with Crippen LogP contribution < -0.4 is 5.73 Å². The van der Waals surface area contributed by atoms with Gasteiger partial charge in [-0.15, -0.1) is 0 Å². The summed E-state index contributed by atoms with van der Waals surface area (Å²) in [5.41, 5.74) is 5.36. The molecule has 0 saturated carbocycles. The first-order valence-corrected chi connectivity index (χ1v) is 5.05. The zero-order chi connectivity index (χ0) is 10.6. The van der Waals surface area contributed by atoms with Gasteiger partial charge in [-0.1, -0.05) is 0 Å². The van der Waals surface area contributed by atoms with E-state index in [1.54, 1.807) is 4.90 Å². The lowest BCUT2D eigenvalue weighted by Crippen LogP contribution is -2.47. The third kappa shape index (κ3) is 3.51. The first-order chi connectivity index (χ1) is 6.59. The van der Waals surface area contributed by atoms with E-state index in [0.29, 0.717) is 0 Å². The maximum absolute atomic E-state index is 7.23. The van der Waals surface area contributed by atoms with Crippen LogP contribution >= 0.6 is 0 Å². The van der Waals surface area contributed by atoms with E-state index in [0.717, 1.165) is 39.3 Å². The molecule has 0 amide bonds. The molecule has 0 bridgehead atoms. The minimum absolute atomic E-state index is 0.152. The molecule has 1 aliphatic rings. The molecule has 1 heterocycles. The number of hydrogen-bond donors (Lipinski definition) is 2. The Labute approximate surface area is 86.0 Å². The van der Waals surface area contributed by atoms with Crippen molar-refractivity contribution < 1.29 is 0 Å². The van der Waals surface area contributed by atoms with E-state index in [-0.39, 0.29) is 5.96 Å². The van der Waals surface area contributed by atoms with Crippen molar-refractivity contribution in [2.75, 3.05) is 53.4 Å². The van der Waals surface area contributed by atoms with Gasteiger partial charge in [0.25, 0.3) is 0 Å². The molecular weight excluding hydrogens is 178 g/mol. The molecule has 5 heteroatoms. The maximum Gasteiger partial charge on any atom is 0.188 e. The van der Waals surface area contributed by atoms with Gasteiger partial charge in [-0.3, -0.25) is 10.3 Å². The molecule has 14 heavy (non-hydrogen) atoms. The Balaban J connectivity index is 2.16. The van der Waals surface area contributed by atoms with E-state index < -0.39 is 0 Å². The van der Waals surface area contributed by atoms with Crippen LogP contribution in [-0.4, -0.2) is 74.0 Å². The topological polar surface area (TPSA) is 59.6 Å². The summed E-state index contributed by atoms with van der Waals surface area (Å²) in [6, 6.07) is 0. The number of nitrogens with zero attached hydrogens (tertiary/aromatic N) is 3. The monoisotopic (exact) mass is 199 g/mol. The highest BCUT2D eigenvalue weighted by Crippen LogP contribution is 1.98. The zero-order valence-corrected chi connectivity index (χ0v) is 9.16. The lowest BCUT2D eigenvalue weighted by atomic mass is 10.3. The summed E-state index contributed by atoms with van der Waals surface area (Å²) in [6.45, 7) is 6.39. The Hall–Kier alpha value is -0.810. The van der Waals surface area contributed by atoms with Crippen molar-refractivity contribution in [2.24, 2.45) is 5.73 Å². The van der Waals surface area contributed by atoms with Gasteiger partial charge < -0.3 is 15.5 Å². The Bertz CT molecular complexity index is 186. The maximum atomic E-state index is 7.23. The van der Waals surface area contributed by atoms with Crippen molar-refractivity contribution in [2.45, 2.75) is 0 Å². The average Bonchev–Trinajstić information content (AvgIpc) is 2.16. The highest BCUT2D eigenvalue weighted by atomic mass is 15.3.